The summed E-state index contributed by atoms with van der Waals surface area (Å²) in [7, 11) is 0. The molecule has 0 aromatic heterocycles. The molecule has 0 fully saturated rings. The van der Waals surface area contributed by atoms with E-state index in [9.17, 15) is 0 Å². The lowest BCUT2D eigenvalue weighted by atomic mass is 10.2. The van der Waals surface area contributed by atoms with E-state index in [0.717, 1.165) is 11.3 Å². The van der Waals surface area contributed by atoms with Gasteiger partial charge < -0.3 is 15.3 Å². The second kappa shape index (κ2) is 6.03. The van der Waals surface area contributed by atoms with E-state index < -0.39 is 0 Å². The molecule has 0 bridgehead atoms. The molecule has 0 aliphatic carbocycles. The smallest absolute Gasteiger partial charge is 0.196 e. The van der Waals surface area contributed by atoms with Gasteiger partial charge in [0.05, 0.1) is 6.21 Å². The van der Waals surface area contributed by atoms with Crippen LogP contribution in [-0.4, -0.2) is 19.1 Å². The Balaban J connectivity index is 2.56. The molecule has 2 N–H and O–H groups in total. The summed E-state index contributed by atoms with van der Waals surface area (Å²) in [6.07, 6.45) is 1.35. The number of nitrogens with two attached hydrogens (primary N) is 1. The lowest BCUT2D eigenvalue weighted by Gasteiger charge is -2.14. The van der Waals surface area contributed by atoms with E-state index >= 15 is 0 Å². The molecule has 1 aromatic carbocycles. The molecule has 0 saturated heterocycles. The molecular formula is C11H16N2O2. The van der Waals surface area contributed by atoms with E-state index in [-0.39, 0.29) is 6.29 Å². The van der Waals surface area contributed by atoms with Gasteiger partial charge in [0, 0.05) is 6.61 Å². The Morgan fingerprint density at radius 3 is 2.60 bits per heavy atom. The zero-order valence-electron chi connectivity index (χ0n) is 9.01. The molecule has 0 radical (unpaired) electrons. The first-order valence-electron chi connectivity index (χ1n) is 4.88. The zero-order valence-corrected chi connectivity index (χ0v) is 9.01. The van der Waals surface area contributed by atoms with Crippen LogP contribution in [0, 0.1) is 0 Å². The molecular weight excluding hydrogens is 192 g/mol. The van der Waals surface area contributed by atoms with Crippen LogP contribution in [-0.2, 0) is 4.74 Å². The average Bonchev–Trinajstić information content (AvgIpc) is 2.22. The van der Waals surface area contributed by atoms with Crippen LogP contribution in [0.2, 0.25) is 0 Å². The normalized spacial score (nSPS) is 12.9. The highest BCUT2D eigenvalue weighted by Crippen LogP contribution is 2.13. The molecule has 0 amide bonds. The Kier molecular flexibility index (Phi) is 4.63. The minimum absolute atomic E-state index is 0.232. The van der Waals surface area contributed by atoms with Crippen LogP contribution in [0.15, 0.2) is 29.4 Å². The summed E-state index contributed by atoms with van der Waals surface area (Å²) in [5.74, 6) is 5.81. The van der Waals surface area contributed by atoms with E-state index in [2.05, 4.69) is 5.10 Å². The topological polar surface area (TPSA) is 56.8 Å². The molecule has 0 aliphatic heterocycles. The third kappa shape index (κ3) is 3.99. The van der Waals surface area contributed by atoms with Crippen LogP contribution in [0.25, 0.3) is 0 Å². The zero-order chi connectivity index (χ0) is 11.1. The van der Waals surface area contributed by atoms with Crippen molar-refractivity contribution < 1.29 is 9.47 Å². The standard InChI is InChI=1S/C11H16N2O2/c1-3-14-9(2)15-11-6-4-10(5-7-11)8-13-12/h4-9H,3,12H2,1-2H3/b13-8+. The van der Waals surface area contributed by atoms with Gasteiger partial charge in [0.2, 0.25) is 0 Å². The first-order valence-corrected chi connectivity index (χ1v) is 4.88. The SMILES string of the molecule is CCOC(C)Oc1ccc(/C=N/N)cc1. The summed E-state index contributed by atoms with van der Waals surface area (Å²) >= 11 is 0. The van der Waals surface area contributed by atoms with Crippen LogP contribution in [0.5, 0.6) is 5.75 Å². The van der Waals surface area contributed by atoms with Gasteiger partial charge in [-0.05, 0) is 43.7 Å². The molecule has 0 aliphatic rings. The summed E-state index contributed by atoms with van der Waals surface area (Å²) < 4.78 is 10.7. The first kappa shape index (κ1) is 11.5. The molecule has 82 valence electrons. The number of hydrogen-bond acceptors (Lipinski definition) is 4. The first-order chi connectivity index (χ1) is 7.26. The molecule has 1 atom stereocenters. The molecule has 1 aromatic rings. The maximum absolute atomic E-state index is 5.49. The third-order valence-electron chi connectivity index (χ3n) is 1.81. The predicted octanol–water partition coefficient (Wildman–Crippen LogP) is 1.74. The van der Waals surface area contributed by atoms with Gasteiger partial charge >= 0.3 is 0 Å². The van der Waals surface area contributed by atoms with Crippen LogP contribution in [0.3, 0.4) is 0 Å². The van der Waals surface area contributed by atoms with Crippen molar-refractivity contribution in [2.24, 2.45) is 10.9 Å². The van der Waals surface area contributed by atoms with Crippen molar-refractivity contribution in [2.45, 2.75) is 20.1 Å². The molecule has 0 heterocycles. The number of nitrogens with zero attached hydrogens (tertiary/aromatic N) is 1. The maximum atomic E-state index is 5.49. The summed E-state index contributed by atoms with van der Waals surface area (Å²) in [4.78, 5) is 0. The van der Waals surface area contributed by atoms with Gasteiger partial charge in [-0.2, -0.15) is 5.10 Å². The monoisotopic (exact) mass is 208 g/mol. The number of benzene rings is 1. The Labute approximate surface area is 89.7 Å². The Morgan fingerprint density at radius 2 is 2.07 bits per heavy atom. The quantitative estimate of drug-likeness (QED) is 0.347. The number of ether oxygens (including phenoxy) is 2. The fourth-order valence-corrected chi connectivity index (χ4v) is 1.18. The van der Waals surface area contributed by atoms with Crippen LogP contribution in [0.1, 0.15) is 19.4 Å². The highest BCUT2D eigenvalue weighted by Gasteiger charge is 2.01. The summed E-state index contributed by atoms with van der Waals surface area (Å²) in [5.41, 5.74) is 0.939. The van der Waals surface area contributed by atoms with Gasteiger partial charge in [0.1, 0.15) is 5.75 Å². The van der Waals surface area contributed by atoms with E-state index in [1.54, 1.807) is 6.21 Å². The third-order valence-corrected chi connectivity index (χ3v) is 1.81. The minimum Gasteiger partial charge on any atom is -0.465 e. The van der Waals surface area contributed by atoms with Crippen molar-refractivity contribution in [3.8, 4) is 5.75 Å². The number of hydrogen-bond donors (Lipinski definition) is 1. The van der Waals surface area contributed by atoms with Gasteiger partial charge in [0.15, 0.2) is 6.29 Å². The van der Waals surface area contributed by atoms with E-state index in [1.807, 2.05) is 38.1 Å². The summed E-state index contributed by atoms with van der Waals surface area (Å²) in [5, 5.41) is 3.44. The number of rotatable bonds is 5. The lowest BCUT2D eigenvalue weighted by Crippen LogP contribution is -2.15. The molecule has 4 nitrogen and oxygen atoms in total. The maximum Gasteiger partial charge on any atom is 0.196 e. The van der Waals surface area contributed by atoms with Crippen LogP contribution < -0.4 is 10.6 Å². The second-order valence-corrected chi connectivity index (χ2v) is 2.99. The Bertz CT molecular complexity index is 309. The Hall–Kier alpha value is -1.55. The van der Waals surface area contributed by atoms with Crippen LogP contribution >= 0.6 is 0 Å². The van der Waals surface area contributed by atoms with Crippen molar-refractivity contribution in [2.75, 3.05) is 6.61 Å². The van der Waals surface area contributed by atoms with Gasteiger partial charge in [-0.3, -0.25) is 0 Å². The average molecular weight is 208 g/mol. The fraction of sp³-hybridized carbons (Fsp3) is 0.364. The Morgan fingerprint density at radius 1 is 1.40 bits per heavy atom. The van der Waals surface area contributed by atoms with Gasteiger partial charge in [-0.1, -0.05) is 0 Å². The van der Waals surface area contributed by atoms with Gasteiger partial charge in [-0.15, -0.1) is 0 Å². The van der Waals surface area contributed by atoms with E-state index in [0.29, 0.717) is 6.61 Å². The molecule has 1 rings (SSSR count). The molecule has 15 heavy (non-hydrogen) atoms. The predicted molar refractivity (Wildman–Crippen MR) is 59.9 cm³/mol. The highest BCUT2D eigenvalue weighted by atomic mass is 16.7. The van der Waals surface area contributed by atoms with Crippen molar-refractivity contribution in [1.29, 1.82) is 0 Å². The van der Waals surface area contributed by atoms with Gasteiger partial charge in [-0.25, -0.2) is 0 Å². The van der Waals surface area contributed by atoms with Crippen molar-refractivity contribution in [3.05, 3.63) is 29.8 Å². The van der Waals surface area contributed by atoms with E-state index in [4.69, 9.17) is 15.3 Å². The molecule has 0 saturated carbocycles. The van der Waals surface area contributed by atoms with Crippen LogP contribution in [0.4, 0.5) is 0 Å². The fourth-order valence-electron chi connectivity index (χ4n) is 1.18. The van der Waals surface area contributed by atoms with Crippen molar-refractivity contribution in [1.82, 2.24) is 0 Å². The second-order valence-electron chi connectivity index (χ2n) is 2.99. The lowest BCUT2D eigenvalue weighted by molar-refractivity contribution is -0.0613. The molecule has 0 spiro atoms. The van der Waals surface area contributed by atoms with E-state index in [1.165, 1.54) is 0 Å². The summed E-state index contributed by atoms with van der Waals surface area (Å²) in [6.45, 7) is 4.43. The van der Waals surface area contributed by atoms with Crippen molar-refractivity contribution in [3.63, 3.8) is 0 Å². The largest absolute Gasteiger partial charge is 0.465 e. The molecule has 1 unspecified atom stereocenters. The summed E-state index contributed by atoms with van der Waals surface area (Å²) in [6, 6.07) is 7.47. The van der Waals surface area contributed by atoms with Gasteiger partial charge in [0.25, 0.3) is 0 Å². The minimum atomic E-state index is -0.232. The molecule has 4 heteroatoms. The number of hydrazone groups is 1. The highest BCUT2D eigenvalue weighted by molar-refractivity contribution is 5.79. The van der Waals surface area contributed by atoms with Crippen molar-refractivity contribution >= 4 is 6.21 Å².